The van der Waals surface area contributed by atoms with E-state index < -0.39 is 18.5 Å². The van der Waals surface area contributed by atoms with Gasteiger partial charge in [0, 0.05) is 34.4 Å². The van der Waals surface area contributed by atoms with Gasteiger partial charge in [0.2, 0.25) is 0 Å². The molecule has 0 saturated carbocycles. The van der Waals surface area contributed by atoms with Crippen LogP contribution in [0.4, 0.5) is 5.00 Å². The summed E-state index contributed by atoms with van der Waals surface area (Å²) in [4.78, 5) is 52.8. The third kappa shape index (κ3) is 4.72. The molecule has 8 nitrogen and oxygen atoms in total. The molecule has 1 aromatic heterocycles. The van der Waals surface area contributed by atoms with E-state index in [1.165, 1.54) is 11.3 Å². The van der Waals surface area contributed by atoms with Gasteiger partial charge in [-0.25, -0.2) is 0 Å². The standard InChI is InChI=1S/C28H25N3O5S/c1-16-10-11-18-21(14-29)26(37-22(18)13-16)30-23(32)15-36-24(33)9-4-12-31-27(34)19-7-2-5-17-6-3-8-20(25(17)19)28(31)35/h2-3,5-8,16H,4,9-13,15H2,1H3,(H,30,32)/t16-/m0/s1. The third-order valence-corrected chi connectivity index (χ3v) is 8.03. The number of nitrogens with one attached hydrogen (secondary N) is 1. The van der Waals surface area contributed by atoms with Gasteiger partial charge in [-0.2, -0.15) is 5.26 Å². The zero-order valence-corrected chi connectivity index (χ0v) is 21.2. The number of amides is 3. The van der Waals surface area contributed by atoms with E-state index in [0.717, 1.165) is 40.0 Å². The second kappa shape index (κ2) is 10.1. The highest BCUT2D eigenvalue weighted by atomic mass is 32.1. The lowest BCUT2D eigenvalue weighted by Crippen LogP contribution is -2.41. The van der Waals surface area contributed by atoms with Gasteiger partial charge < -0.3 is 10.1 Å². The summed E-state index contributed by atoms with van der Waals surface area (Å²) in [5, 5.41) is 14.3. The van der Waals surface area contributed by atoms with E-state index in [-0.39, 0.29) is 31.2 Å². The number of imide groups is 1. The number of benzene rings is 2. The molecule has 0 spiro atoms. The first-order valence-corrected chi connectivity index (χ1v) is 13.1. The molecule has 9 heteroatoms. The molecule has 3 amide bonds. The highest BCUT2D eigenvalue weighted by Gasteiger charge is 2.32. The van der Waals surface area contributed by atoms with Crippen molar-refractivity contribution in [2.75, 3.05) is 18.5 Å². The molecule has 0 radical (unpaired) electrons. The number of nitriles is 1. The number of rotatable bonds is 7. The first-order valence-electron chi connectivity index (χ1n) is 12.3. The Morgan fingerprint density at radius 3 is 2.54 bits per heavy atom. The minimum absolute atomic E-state index is 0.0508. The van der Waals surface area contributed by atoms with Crippen LogP contribution in [0.5, 0.6) is 0 Å². The van der Waals surface area contributed by atoms with E-state index in [9.17, 15) is 24.4 Å². The van der Waals surface area contributed by atoms with Crippen molar-refractivity contribution in [2.45, 2.75) is 39.0 Å². The van der Waals surface area contributed by atoms with Crippen LogP contribution in [0.25, 0.3) is 10.8 Å². The van der Waals surface area contributed by atoms with Crippen molar-refractivity contribution < 1.29 is 23.9 Å². The number of carbonyl (C=O) groups is 4. The fraction of sp³-hybridized carbons (Fsp3) is 0.321. The number of ether oxygens (including phenoxy) is 1. The van der Waals surface area contributed by atoms with Crippen LogP contribution in [0.2, 0.25) is 0 Å². The number of thiophene rings is 1. The predicted molar refractivity (Wildman–Crippen MR) is 138 cm³/mol. The first kappa shape index (κ1) is 24.7. The second-order valence-electron chi connectivity index (χ2n) is 9.45. The van der Waals surface area contributed by atoms with E-state index in [4.69, 9.17) is 4.74 Å². The van der Waals surface area contributed by atoms with E-state index in [1.54, 1.807) is 24.3 Å². The van der Waals surface area contributed by atoms with Gasteiger partial charge in [0.1, 0.15) is 11.1 Å². The second-order valence-corrected chi connectivity index (χ2v) is 10.6. The highest BCUT2D eigenvalue weighted by Crippen LogP contribution is 2.39. The molecule has 0 bridgehead atoms. The molecule has 37 heavy (non-hydrogen) atoms. The van der Waals surface area contributed by atoms with E-state index in [1.807, 2.05) is 12.1 Å². The van der Waals surface area contributed by atoms with Crippen LogP contribution in [-0.4, -0.2) is 41.7 Å². The van der Waals surface area contributed by atoms with Crippen LogP contribution in [0, 0.1) is 17.2 Å². The lowest BCUT2D eigenvalue weighted by atomic mass is 9.89. The summed E-state index contributed by atoms with van der Waals surface area (Å²) >= 11 is 1.41. The lowest BCUT2D eigenvalue weighted by Gasteiger charge is -2.27. The average molecular weight is 516 g/mol. The normalized spacial score (nSPS) is 16.3. The molecule has 188 valence electrons. The average Bonchev–Trinajstić information content (AvgIpc) is 3.23. The van der Waals surface area contributed by atoms with Gasteiger partial charge in [0.15, 0.2) is 6.61 Å². The van der Waals surface area contributed by atoms with Gasteiger partial charge in [0.05, 0.1) is 5.56 Å². The molecule has 1 aliphatic heterocycles. The maximum absolute atomic E-state index is 12.9. The Morgan fingerprint density at radius 1 is 1.16 bits per heavy atom. The van der Waals surface area contributed by atoms with Crippen molar-refractivity contribution in [2.24, 2.45) is 5.92 Å². The number of hydrogen-bond donors (Lipinski definition) is 1. The number of anilines is 1. The molecule has 2 aromatic carbocycles. The molecule has 3 aromatic rings. The van der Waals surface area contributed by atoms with Gasteiger partial charge >= 0.3 is 5.97 Å². The molecule has 1 aliphatic carbocycles. The van der Waals surface area contributed by atoms with Gasteiger partial charge in [-0.05, 0) is 54.7 Å². The zero-order valence-electron chi connectivity index (χ0n) is 20.3. The third-order valence-electron chi connectivity index (χ3n) is 6.86. The summed E-state index contributed by atoms with van der Waals surface area (Å²) in [6.07, 6.45) is 2.89. The Kier molecular flexibility index (Phi) is 6.76. The number of fused-ring (bicyclic) bond motifs is 1. The van der Waals surface area contributed by atoms with Crippen molar-refractivity contribution >= 4 is 50.8 Å². The molecule has 2 heterocycles. The van der Waals surface area contributed by atoms with Crippen molar-refractivity contribution in [1.82, 2.24) is 4.90 Å². The Bertz CT molecular complexity index is 1430. The minimum atomic E-state index is -0.602. The smallest absolute Gasteiger partial charge is 0.306 e. The number of nitrogens with zero attached hydrogens (tertiary/aromatic N) is 2. The van der Waals surface area contributed by atoms with Gasteiger partial charge in [-0.1, -0.05) is 31.2 Å². The summed E-state index contributed by atoms with van der Waals surface area (Å²) in [6, 6.07) is 12.9. The predicted octanol–water partition coefficient (Wildman–Crippen LogP) is 4.46. The lowest BCUT2D eigenvalue weighted by molar-refractivity contribution is -0.147. The molecule has 5 rings (SSSR count). The molecule has 0 unspecified atom stereocenters. The van der Waals surface area contributed by atoms with Crippen molar-refractivity contribution in [3.8, 4) is 6.07 Å². The Balaban J connectivity index is 1.13. The number of esters is 1. The largest absolute Gasteiger partial charge is 0.456 e. The zero-order chi connectivity index (χ0) is 26.1. The molecular weight excluding hydrogens is 490 g/mol. The van der Waals surface area contributed by atoms with Gasteiger partial charge in [-0.15, -0.1) is 11.3 Å². The van der Waals surface area contributed by atoms with Crippen molar-refractivity contribution in [3.63, 3.8) is 0 Å². The van der Waals surface area contributed by atoms with Crippen molar-refractivity contribution in [1.29, 1.82) is 5.26 Å². The van der Waals surface area contributed by atoms with E-state index in [2.05, 4.69) is 18.3 Å². The Hall–Kier alpha value is -4.03. The molecule has 2 aliphatic rings. The Morgan fingerprint density at radius 2 is 1.86 bits per heavy atom. The summed E-state index contributed by atoms with van der Waals surface area (Å²) in [5.41, 5.74) is 2.44. The highest BCUT2D eigenvalue weighted by molar-refractivity contribution is 7.16. The minimum Gasteiger partial charge on any atom is -0.456 e. The van der Waals surface area contributed by atoms with Crippen LogP contribution in [0.1, 0.15) is 62.9 Å². The van der Waals surface area contributed by atoms with Gasteiger partial charge in [0.25, 0.3) is 17.7 Å². The van der Waals surface area contributed by atoms with Crippen LogP contribution >= 0.6 is 11.3 Å². The molecule has 1 atom stereocenters. The van der Waals surface area contributed by atoms with Crippen LogP contribution in [0.3, 0.4) is 0 Å². The number of hydrogen-bond acceptors (Lipinski definition) is 7. The summed E-state index contributed by atoms with van der Waals surface area (Å²) in [7, 11) is 0. The molecule has 1 N–H and O–H groups in total. The topological polar surface area (TPSA) is 117 Å². The maximum Gasteiger partial charge on any atom is 0.306 e. The van der Waals surface area contributed by atoms with Crippen molar-refractivity contribution in [3.05, 3.63) is 63.5 Å². The monoisotopic (exact) mass is 515 g/mol. The maximum atomic E-state index is 12.9. The van der Waals surface area contributed by atoms with Crippen LogP contribution in [-0.2, 0) is 27.2 Å². The first-order chi connectivity index (χ1) is 17.9. The molecular formula is C28H25N3O5S. The van der Waals surface area contributed by atoms with Gasteiger partial charge in [-0.3, -0.25) is 24.1 Å². The van der Waals surface area contributed by atoms with Crippen LogP contribution < -0.4 is 5.32 Å². The molecule has 0 saturated heterocycles. The number of carbonyl (C=O) groups excluding carboxylic acids is 4. The molecule has 0 fully saturated rings. The quantitative estimate of drug-likeness (QED) is 0.367. The van der Waals surface area contributed by atoms with E-state index >= 15 is 0 Å². The SMILES string of the molecule is C[C@H]1CCc2c(sc(NC(=O)COC(=O)CCCN3C(=O)c4cccc5cccc(c45)C3=O)c2C#N)C1. The fourth-order valence-electron chi connectivity index (χ4n) is 5.00. The van der Waals surface area contributed by atoms with Crippen LogP contribution in [0.15, 0.2) is 36.4 Å². The summed E-state index contributed by atoms with van der Waals surface area (Å²) < 4.78 is 5.10. The fourth-order valence-corrected chi connectivity index (χ4v) is 6.38. The summed E-state index contributed by atoms with van der Waals surface area (Å²) in [5.74, 6) is -1.34. The Labute approximate surface area is 217 Å². The summed E-state index contributed by atoms with van der Waals surface area (Å²) in [6.45, 7) is 1.76. The van der Waals surface area contributed by atoms with E-state index in [0.29, 0.717) is 33.0 Å².